The molecule has 0 aliphatic carbocycles. The fourth-order valence-corrected chi connectivity index (χ4v) is 4.58. The maximum atomic E-state index is 12.6. The molecule has 7 heteroatoms. The van der Waals surface area contributed by atoms with Gasteiger partial charge in [0.1, 0.15) is 12.4 Å². The number of nitrogens with one attached hydrogen (secondary N) is 1. The van der Waals surface area contributed by atoms with Gasteiger partial charge in [-0.1, -0.05) is 43.8 Å². The molecular weight excluding hydrogens is 420 g/mol. The molecule has 0 atom stereocenters. The number of benzene rings is 2. The number of aromatic nitrogens is 4. The second-order valence-electron chi connectivity index (χ2n) is 8.42. The number of ether oxygens (including phenoxy) is 1. The average Bonchev–Trinajstić information content (AvgIpc) is 3.09. The fraction of sp³-hybridized carbons (Fsp3) is 0.320. The minimum Gasteiger partial charge on any atom is -0.486 e. The molecule has 0 saturated heterocycles. The van der Waals surface area contributed by atoms with Crippen LogP contribution in [0, 0.1) is 13.8 Å². The maximum absolute atomic E-state index is 12.6. The minimum atomic E-state index is 0.0439. The summed E-state index contributed by atoms with van der Waals surface area (Å²) in [5.74, 6) is 2.65. The van der Waals surface area contributed by atoms with Gasteiger partial charge in [-0.05, 0) is 54.7 Å². The van der Waals surface area contributed by atoms with Crippen LogP contribution in [0.2, 0.25) is 0 Å². The summed E-state index contributed by atoms with van der Waals surface area (Å²) in [4.78, 5) is 16.0. The minimum absolute atomic E-state index is 0.0439. The zero-order chi connectivity index (χ0) is 22.8. The number of nitrogens with zero attached hydrogens (tertiary/aromatic N) is 3. The Hall–Kier alpha value is -3.06. The summed E-state index contributed by atoms with van der Waals surface area (Å²) in [5, 5.41) is 10.1. The van der Waals surface area contributed by atoms with Crippen molar-refractivity contribution in [1.29, 1.82) is 0 Å². The molecule has 0 aliphatic rings. The van der Waals surface area contributed by atoms with Gasteiger partial charge in [-0.25, -0.2) is 0 Å². The van der Waals surface area contributed by atoms with Crippen molar-refractivity contribution in [2.75, 3.05) is 0 Å². The van der Waals surface area contributed by atoms with Crippen molar-refractivity contribution in [3.8, 4) is 5.75 Å². The van der Waals surface area contributed by atoms with Gasteiger partial charge in [-0.15, -0.1) is 10.2 Å². The first-order chi connectivity index (χ1) is 15.3. The zero-order valence-corrected chi connectivity index (χ0v) is 19.9. The molecule has 4 aromatic rings. The van der Waals surface area contributed by atoms with Crippen LogP contribution < -0.4 is 10.2 Å². The molecule has 0 radical (unpaired) electrons. The van der Waals surface area contributed by atoms with Crippen molar-refractivity contribution in [3.05, 3.63) is 80.9 Å². The Morgan fingerprint density at radius 3 is 2.56 bits per heavy atom. The van der Waals surface area contributed by atoms with E-state index in [2.05, 4.69) is 41.2 Å². The lowest BCUT2D eigenvalue weighted by molar-refractivity contribution is 0.290. The highest BCUT2D eigenvalue weighted by Crippen LogP contribution is 2.23. The molecule has 2 aromatic carbocycles. The number of aryl methyl sites for hydroxylation is 2. The van der Waals surface area contributed by atoms with Crippen LogP contribution in [0.4, 0.5) is 0 Å². The zero-order valence-electron chi connectivity index (χ0n) is 19.1. The molecule has 166 valence electrons. The molecule has 0 bridgehead atoms. The van der Waals surface area contributed by atoms with E-state index >= 15 is 0 Å². The maximum Gasteiger partial charge on any atom is 0.191 e. The van der Waals surface area contributed by atoms with E-state index in [1.54, 1.807) is 6.07 Å². The van der Waals surface area contributed by atoms with Crippen LogP contribution in [0.5, 0.6) is 5.75 Å². The van der Waals surface area contributed by atoms with Crippen LogP contribution in [0.25, 0.3) is 10.9 Å². The first kappa shape index (κ1) is 22.1. The van der Waals surface area contributed by atoms with E-state index in [4.69, 9.17) is 4.74 Å². The van der Waals surface area contributed by atoms with Crippen LogP contribution in [0.1, 0.15) is 48.0 Å². The fourth-order valence-electron chi connectivity index (χ4n) is 3.75. The molecular formula is C25H28N4O2S. The highest BCUT2D eigenvalue weighted by atomic mass is 32.2. The molecule has 32 heavy (non-hydrogen) atoms. The van der Waals surface area contributed by atoms with E-state index in [1.807, 2.05) is 49.7 Å². The van der Waals surface area contributed by atoms with Gasteiger partial charge in [0.2, 0.25) is 0 Å². The quantitative estimate of drug-likeness (QED) is 0.390. The van der Waals surface area contributed by atoms with Crippen molar-refractivity contribution in [2.24, 2.45) is 7.05 Å². The molecule has 2 aromatic heterocycles. The van der Waals surface area contributed by atoms with Crippen molar-refractivity contribution in [3.63, 3.8) is 0 Å². The first-order valence-corrected chi connectivity index (χ1v) is 11.7. The van der Waals surface area contributed by atoms with Crippen molar-refractivity contribution < 1.29 is 4.74 Å². The molecule has 0 amide bonds. The highest BCUT2D eigenvalue weighted by Gasteiger charge is 2.12. The molecule has 1 N–H and O–H groups in total. The van der Waals surface area contributed by atoms with E-state index in [0.717, 1.165) is 44.5 Å². The van der Waals surface area contributed by atoms with E-state index in [1.165, 1.54) is 17.3 Å². The first-order valence-electron chi connectivity index (χ1n) is 10.7. The number of H-pyrrole nitrogens is 1. The third-order valence-electron chi connectivity index (χ3n) is 5.52. The number of thioether (sulfide) groups is 1. The Morgan fingerprint density at radius 2 is 1.84 bits per heavy atom. The van der Waals surface area contributed by atoms with E-state index < -0.39 is 0 Å². The van der Waals surface area contributed by atoms with Crippen LogP contribution in [0.3, 0.4) is 0 Å². The SMILES string of the molecule is Cc1cc(C)c2c(=O)cc(CSc3nnc(COc4ccc(C(C)C)cc4)n3C)[nH]c2c1. The summed E-state index contributed by atoms with van der Waals surface area (Å²) in [6.07, 6.45) is 0. The van der Waals surface area contributed by atoms with Gasteiger partial charge in [0.15, 0.2) is 16.4 Å². The van der Waals surface area contributed by atoms with Gasteiger partial charge in [0.05, 0.1) is 5.52 Å². The Morgan fingerprint density at radius 1 is 1.09 bits per heavy atom. The Labute approximate surface area is 192 Å². The third-order valence-corrected chi connectivity index (χ3v) is 6.59. The molecule has 4 rings (SSSR count). The molecule has 6 nitrogen and oxygen atoms in total. The van der Waals surface area contributed by atoms with Crippen LogP contribution in [-0.4, -0.2) is 19.7 Å². The number of hydrogen-bond acceptors (Lipinski definition) is 5. The van der Waals surface area contributed by atoms with Crippen LogP contribution >= 0.6 is 11.8 Å². The third kappa shape index (κ3) is 4.72. The van der Waals surface area contributed by atoms with E-state index in [0.29, 0.717) is 18.3 Å². The predicted molar refractivity (Wildman–Crippen MR) is 129 cm³/mol. The van der Waals surface area contributed by atoms with E-state index in [-0.39, 0.29) is 5.43 Å². The van der Waals surface area contributed by atoms with Gasteiger partial charge < -0.3 is 14.3 Å². The lowest BCUT2D eigenvalue weighted by Gasteiger charge is -2.09. The number of fused-ring (bicyclic) bond motifs is 1. The molecule has 0 unspecified atom stereocenters. The number of hydrogen-bond donors (Lipinski definition) is 1. The van der Waals surface area contributed by atoms with Crippen molar-refractivity contribution >= 4 is 22.7 Å². The lowest BCUT2D eigenvalue weighted by Crippen LogP contribution is -2.07. The highest BCUT2D eigenvalue weighted by molar-refractivity contribution is 7.98. The van der Waals surface area contributed by atoms with Crippen LogP contribution in [0.15, 0.2) is 52.4 Å². The number of aromatic amines is 1. The summed E-state index contributed by atoms with van der Waals surface area (Å²) in [6, 6.07) is 13.9. The second-order valence-corrected chi connectivity index (χ2v) is 9.36. The lowest BCUT2D eigenvalue weighted by atomic mass is 10.0. The van der Waals surface area contributed by atoms with Crippen molar-refractivity contribution in [2.45, 2.75) is 51.1 Å². The van der Waals surface area contributed by atoms with Gasteiger partial charge in [-0.2, -0.15) is 0 Å². The average molecular weight is 449 g/mol. The summed E-state index contributed by atoms with van der Waals surface area (Å²) in [6.45, 7) is 8.69. The van der Waals surface area contributed by atoms with Gasteiger partial charge in [-0.3, -0.25) is 4.79 Å². The monoisotopic (exact) mass is 448 g/mol. The topological polar surface area (TPSA) is 72.8 Å². The molecule has 0 saturated carbocycles. The Kier molecular flexibility index (Phi) is 6.37. The summed E-state index contributed by atoms with van der Waals surface area (Å²) in [7, 11) is 1.93. The van der Waals surface area contributed by atoms with Crippen LogP contribution in [-0.2, 0) is 19.4 Å². The molecule has 0 aliphatic heterocycles. The normalized spacial score (nSPS) is 11.4. The van der Waals surface area contributed by atoms with Crippen molar-refractivity contribution in [1.82, 2.24) is 19.7 Å². The summed E-state index contributed by atoms with van der Waals surface area (Å²) < 4.78 is 7.82. The molecule has 2 heterocycles. The molecule has 0 spiro atoms. The molecule has 0 fully saturated rings. The number of pyridine rings is 1. The summed E-state index contributed by atoms with van der Waals surface area (Å²) in [5.41, 5.74) is 5.20. The van der Waals surface area contributed by atoms with Gasteiger partial charge in [0.25, 0.3) is 0 Å². The Bertz CT molecular complexity index is 1310. The van der Waals surface area contributed by atoms with Gasteiger partial charge >= 0.3 is 0 Å². The predicted octanol–water partition coefficient (Wildman–Crippen LogP) is 5.27. The van der Waals surface area contributed by atoms with Gasteiger partial charge in [0, 0.05) is 29.9 Å². The number of rotatable bonds is 7. The smallest absolute Gasteiger partial charge is 0.191 e. The Balaban J connectivity index is 1.43. The summed E-state index contributed by atoms with van der Waals surface area (Å²) >= 11 is 1.54. The van der Waals surface area contributed by atoms with E-state index in [9.17, 15) is 4.79 Å². The standard InChI is InChI=1S/C25H28N4O2S/c1-15(2)18-6-8-20(9-7-18)31-13-23-27-28-25(29(23)5)32-14-19-12-22(30)24-17(4)10-16(3)11-21(24)26-19/h6-12,15H,13-14H2,1-5H3,(H,26,30). The largest absolute Gasteiger partial charge is 0.486 e. The second kappa shape index (κ2) is 9.20.